The van der Waals surface area contributed by atoms with Gasteiger partial charge < -0.3 is 24.6 Å². The summed E-state index contributed by atoms with van der Waals surface area (Å²) in [6, 6.07) is 13.0. The summed E-state index contributed by atoms with van der Waals surface area (Å²) in [7, 11) is 0. The maximum Gasteiger partial charge on any atom is 0.231 e. The van der Waals surface area contributed by atoms with Crippen molar-refractivity contribution in [3.63, 3.8) is 0 Å². The maximum absolute atomic E-state index is 14.2. The fraction of sp³-hybridized carbons (Fsp3) is 0.458. The summed E-state index contributed by atoms with van der Waals surface area (Å²) in [5.41, 5.74) is 1.77. The number of nitrogens with one attached hydrogen (secondary N) is 2. The molecule has 6 nitrogen and oxygen atoms in total. The summed E-state index contributed by atoms with van der Waals surface area (Å²) in [6.07, 6.45) is 0.518. The Morgan fingerprint density at radius 3 is 2.61 bits per heavy atom. The number of carbonyl (C=O) groups is 1. The molecular formula is C24H31FN3O3+. The van der Waals surface area contributed by atoms with E-state index in [1.165, 1.54) is 11.0 Å². The van der Waals surface area contributed by atoms with E-state index in [4.69, 9.17) is 9.47 Å². The molecule has 166 valence electrons. The lowest BCUT2D eigenvalue weighted by Crippen LogP contribution is -3.15. The van der Waals surface area contributed by atoms with Crippen LogP contribution in [0.15, 0.2) is 42.5 Å². The highest BCUT2D eigenvalue weighted by atomic mass is 19.1. The SMILES string of the molecule is CC(C)CC(=O)NC[C@@H](c1ccc2c(c1)OCO2)[NH+]1CCN(c2ccccc2F)CC1. The summed E-state index contributed by atoms with van der Waals surface area (Å²) < 4.78 is 25.2. The number of hydrogen-bond donors (Lipinski definition) is 2. The van der Waals surface area contributed by atoms with Gasteiger partial charge in [-0.3, -0.25) is 4.79 Å². The van der Waals surface area contributed by atoms with E-state index in [1.807, 2.05) is 38.1 Å². The lowest BCUT2D eigenvalue weighted by atomic mass is 10.0. The summed E-state index contributed by atoms with van der Waals surface area (Å²) >= 11 is 0. The first-order chi connectivity index (χ1) is 15.0. The number of fused-ring (bicyclic) bond motifs is 1. The highest BCUT2D eigenvalue weighted by Crippen LogP contribution is 2.33. The first-order valence-corrected chi connectivity index (χ1v) is 11.0. The van der Waals surface area contributed by atoms with E-state index in [9.17, 15) is 9.18 Å². The van der Waals surface area contributed by atoms with E-state index in [-0.39, 0.29) is 24.6 Å². The largest absolute Gasteiger partial charge is 0.454 e. The molecule has 2 aliphatic heterocycles. The second kappa shape index (κ2) is 9.56. The molecule has 2 aromatic rings. The predicted octanol–water partition coefficient (Wildman–Crippen LogP) is 2.16. The highest BCUT2D eigenvalue weighted by molar-refractivity contribution is 5.76. The smallest absolute Gasteiger partial charge is 0.231 e. The Kier molecular flexibility index (Phi) is 6.61. The summed E-state index contributed by atoms with van der Waals surface area (Å²) in [5, 5.41) is 3.12. The maximum atomic E-state index is 14.2. The van der Waals surface area contributed by atoms with E-state index < -0.39 is 0 Å². The number of quaternary nitrogens is 1. The van der Waals surface area contributed by atoms with E-state index in [1.54, 1.807) is 6.07 Å². The number of para-hydroxylation sites is 1. The number of anilines is 1. The lowest BCUT2D eigenvalue weighted by molar-refractivity contribution is -0.931. The number of carbonyl (C=O) groups excluding carboxylic acids is 1. The molecule has 0 bridgehead atoms. The van der Waals surface area contributed by atoms with Crippen LogP contribution in [0.4, 0.5) is 10.1 Å². The molecule has 4 rings (SSSR count). The standard InChI is InChI=1S/C24H30FN3O3/c1-17(2)13-24(29)26-15-21(18-7-8-22-23(14-18)31-16-30-22)28-11-9-27(10-12-28)20-6-4-3-5-19(20)25/h3-8,14,17,21H,9-13,15-16H2,1-2H3,(H,26,29)/p+1/t21-/m0/s1. The van der Waals surface area contributed by atoms with Crippen LogP contribution >= 0.6 is 0 Å². The van der Waals surface area contributed by atoms with Gasteiger partial charge in [0, 0.05) is 12.0 Å². The van der Waals surface area contributed by atoms with E-state index >= 15 is 0 Å². The van der Waals surface area contributed by atoms with Crippen LogP contribution in [-0.4, -0.2) is 45.4 Å². The minimum Gasteiger partial charge on any atom is -0.454 e. The fourth-order valence-corrected chi connectivity index (χ4v) is 4.38. The molecule has 1 amide bonds. The molecule has 1 saturated heterocycles. The number of halogens is 1. The Morgan fingerprint density at radius 1 is 1.13 bits per heavy atom. The highest BCUT2D eigenvalue weighted by Gasteiger charge is 2.31. The Morgan fingerprint density at radius 2 is 1.87 bits per heavy atom. The van der Waals surface area contributed by atoms with Crippen molar-refractivity contribution in [3.8, 4) is 11.5 Å². The second-order valence-corrected chi connectivity index (χ2v) is 8.66. The van der Waals surface area contributed by atoms with Gasteiger partial charge in [0.1, 0.15) is 11.9 Å². The molecule has 2 aliphatic rings. The lowest BCUT2D eigenvalue weighted by Gasteiger charge is -2.38. The Hall–Kier alpha value is -2.80. The van der Waals surface area contributed by atoms with Gasteiger partial charge in [0.05, 0.1) is 38.4 Å². The van der Waals surface area contributed by atoms with Crippen LogP contribution in [0.2, 0.25) is 0 Å². The minimum absolute atomic E-state index is 0.0742. The van der Waals surface area contributed by atoms with Gasteiger partial charge in [0.15, 0.2) is 11.5 Å². The molecule has 1 atom stereocenters. The number of amides is 1. The topological polar surface area (TPSA) is 55.2 Å². The Balaban J connectivity index is 1.48. The van der Waals surface area contributed by atoms with Crippen LogP contribution in [0.1, 0.15) is 31.9 Å². The number of rotatable bonds is 7. The summed E-state index contributed by atoms with van der Waals surface area (Å²) in [5.74, 6) is 1.72. The molecule has 2 N–H and O–H groups in total. The van der Waals surface area contributed by atoms with Crippen molar-refractivity contribution in [2.24, 2.45) is 5.92 Å². The van der Waals surface area contributed by atoms with Gasteiger partial charge in [-0.25, -0.2) is 4.39 Å². The summed E-state index contributed by atoms with van der Waals surface area (Å²) in [6.45, 7) is 8.11. The minimum atomic E-state index is -0.181. The molecule has 0 spiro atoms. The number of nitrogens with zero attached hydrogens (tertiary/aromatic N) is 1. The molecular weight excluding hydrogens is 397 g/mol. The first-order valence-electron chi connectivity index (χ1n) is 11.0. The zero-order valence-corrected chi connectivity index (χ0v) is 18.2. The molecule has 7 heteroatoms. The van der Waals surface area contributed by atoms with Crippen LogP contribution in [0, 0.1) is 11.7 Å². The van der Waals surface area contributed by atoms with Crippen LogP contribution in [0.5, 0.6) is 11.5 Å². The second-order valence-electron chi connectivity index (χ2n) is 8.66. The van der Waals surface area contributed by atoms with Crippen molar-refractivity contribution < 1.29 is 23.6 Å². The van der Waals surface area contributed by atoms with Crippen molar-refractivity contribution in [1.82, 2.24) is 5.32 Å². The van der Waals surface area contributed by atoms with Crippen LogP contribution < -0.4 is 24.6 Å². The van der Waals surface area contributed by atoms with Gasteiger partial charge in [0.25, 0.3) is 0 Å². The van der Waals surface area contributed by atoms with Gasteiger partial charge in [-0.1, -0.05) is 26.0 Å². The molecule has 0 aromatic heterocycles. The normalized spacial score (nSPS) is 17.1. The first kappa shape index (κ1) is 21.4. The van der Waals surface area contributed by atoms with Crippen LogP contribution in [-0.2, 0) is 4.79 Å². The molecule has 0 radical (unpaired) electrons. The quantitative estimate of drug-likeness (QED) is 0.710. The predicted molar refractivity (Wildman–Crippen MR) is 117 cm³/mol. The van der Waals surface area contributed by atoms with Crippen molar-refractivity contribution in [1.29, 1.82) is 0 Å². The van der Waals surface area contributed by atoms with Gasteiger partial charge >= 0.3 is 0 Å². The van der Waals surface area contributed by atoms with Crippen LogP contribution in [0.3, 0.4) is 0 Å². The van der Waals surface area contributed by atoms with Crippen LogP contribution in [0.25, 0.3) is 0 Å². The zero-order valence-electron chi connectivity index (χ0n) is 18.2. The van der Waals surface area contributed by atoms with Crippen molar-refractivity contribution in [3.05, 3.63) is 53.8 Å². The monoisotopic (exact) mass is 428 g/mol. The molecule has 31 heavy (non-hydrogen) atoms. The average Bonchev–Trinajstić information content (AvgIpc) is 3.22. The average molecular weight is 429 g/mol. The number of piperazine rings is 1. The van der Waals surface area contributed by atoms with Gasteiger partial charge in [0.2, 0.25) is 12.7 Å². The molecule has 2 heterocycles. The van der Waals surface area contributed by atoms with Crippen molar-refractivity contribution in [2.45, 2.75) is 26.3 Å². The number of benzene rings is 2. The molecule has 1 fully saturated rings. The Labute approximate surface area is 182 Å². The number of ether oxygens (including phenoxy) is 2. The zero-order chi connectivity index (χ0) is 21.8. The Bertz CT molecular complexity index is 913. The van der Waals surface area contributed by atoms with Gasteiger partial charge in [-0.05, 0) is 36.2 Å². The fourth-order valence-electron chi connectivity index (χ4n) is 4.38. The third-order valence-corrected chi connectivity index (χ3v) is 5.99. The third-order valence-electron chi connectivity index (χ3n) is 5.99. The van der Waals surface area contributed by atoms with Crippen molar-refractivity contribution >= 4 is 11.6 Å². The summed E-state index contributed by atoms with van der Waals surface area (Å²) in [4.78, 5) is 15.8. The molecule has 0 saturated carbocycles. The van der Waals surface area contributed by atoms with Crippen molar-refractivity contribution in [2.75, 3.05) is 44.4 Å². The van der Waals surface area contributed by atoms with E-state index in [2.05, 4.69) is 16.3 Å². The number of hydrogen-bond acceptors (Lipinski definition) is 4. The van der Waals surface area contributed by atoms with E-state index in [0.717, 1.165) is 43.2 Å². The van der Waals surface area contributed by atoms with Gasteiger partial charge in [-0.2, -0.15) is 0 Å². The molecule has 2 aromatic carbocycles. The van der Waals surface area contributed by atoms with E-state index in [0.29, 0.717) is 24.6 Å². The molecule has 0 aliphatic carbocycles. The molecule has 0 unspecified atom stereocenters. The van der Waals surface area contributed by atoms with Gasteiger partial charge in [-0.15, -0.1) is 0 Å². The third kappa shape index (κ3) is 5.10.